The summed E-state index contributed by atoms with van der Waals surface area (Å²) in [5, 5.41) is 3.15. The molecule has 88 valence electrons. The number of rotatable bonds is 5. The van der Waals surface area contributed by atoms with Crippen molar-refractivity contribution in [3.8, 4) is 0 Å². The lowest BCUT2D eigenvalue weighted by atomic mass is 10.1. The molecule has 15 heavy (non-hydrogen) atoms. The maximum absolute atomic E-state index is 11.0. The maximum atomic E-state index is 11.0. The molecule has 1 aliphatic heterocycles. The zero-order valence-electron chi connectivity index (χ0n) is 9.58. The van der Waals surface area contributed by atoms with Crippen LogP contribution in [0.15, 0.2) is 0 Å². The average molecular weight is 215 g/mol. The summed E-state index contributed by atoms with van der Waals surface area (Å²) in [4.78, 5) is 13.3. The van der Waals surface area contributed by atoms with Gasteiger partial charge in [-0.2, -0.15) is 0 Å². The highest BCUT2D eigenvalue weighted by Gasteiger charge is 2.23. The molecule has 0 unspecified atom stereocenters. The molecule has 0 bridgehead atoms. The second-order valence-electron chi connectivity index (χ2n) is 4.37. The van der Waals surface area contributed by atoms with Crippen LogP contribution in [0.1, 0.15) is 13.8 Å². The monoisotopic (exact) mass is 215 g/mol. The first kappa shape index (κ1) is 12.4. The summed E-state index contributed by atoms with van der Waals surface area (Å²) in [5.74, 6) is -0.315. The lowest BCUT2D eigenvalue weighted by molar-refractivity contribution is -0.123. The van der Waals surface area contributed by atoms with Crippen molar-refractivity contribution < 1.29 is 9.53 Å². The second-order valence-corrected chi connectivity index (χ2v) is 4.37. The molecule has 5 heteroatoms. The van der Waals surface area contributed by atoms with E-state index in [0.29, 0.717) is 0 Å². The number of hydrogen-bond acceptors (Lipinski definition) is 4. The van der Waals surface area contributed by atoms with Crippen LogP contribution in [0.25, 0.3) is 0 Å². The average Bonchev–Trinajstić information content (AvgIpc) is 2.19. The largest absolute Gasteiger partial charge is 0.379 e. The van der Waals surface area contributed by atoms with Crippen molar-refractivity contribution in [2.24, 2.45) is 5.73 Å². The number of nitrogens with two attached hydrogens (primary N) is 1. The van der Waals surface area contributed by atoms with Gasteiger partial charge in [-0.05, 0) is 13.8 Å². The minimum Gasteiger partial charge on any atom is -0.379 e. The minimum atomic E-state index is -0.619. The van der Waals surface area contributed by atoms with E-state index >= 15 is 0 Å². The molecule has 0 radical (unpaired) electrons. The Hall–Kier alpha value is -0.650. The molecule has 0 aromatic heterocycles. The normalized spacial score (nSPS) is 19.1. The molecule has 5 nitrogen and oxygen atoms in total. The molecule has 1 aliphatic rings. The third-order valence-corrected chi connectivity index (χ3v) is 2.71. The molecule has 0 spiro atoms. The van der Waals surface area contributed by atoms with E-state index in [4.69, 9.17) is 10.5 Å². The van der Waals surface area contributed by atoms with Crippen LogP contribution in [-0.2, 0) is 9.53 Å². The maximum Gasteiger partial charge on any atom is 0.237 e. The predicted molar refractivity (Wildman–Crippen MR) is 58.5 cm³/mol. The molecular weight excluding hydrogens is 194 g/mol. The molecule has 1 heterocycles. The van der Waals surface area contributed by atoms with E-state index in [-0.39, 0.29) is 5.91 Å². The van der Waals surface area contributed by atoms with Gasteiger partial charge in [0.2, 0.25) is 5.91 Å². The Kier molecular flexibility index (Phi) is 4.50. The van der Waals surface area contributed by atoms with Crippen molar-refractivity contribution >= 4 is 5.91 Å². The van der Waals surface area contributed by atoms with E-state index in [0.717, 1.165) is 39.4 Å². The summed E-state index contributed by atoms with van der Waals surface area (Å²) in [6.45, 7) is 8.86. The van der Waals surface area contributed by atoms with E-state index in [1.165, 1.54) is 0 Å². The fraction of sp³-hybridized carbons (Fsp3) is 0.900. The Bertz CT molecular complexity index is 213. The molecule has 0 aromatic rings. The van der Waals surface area contributed by atoms with Gasteiger partial charge in [0.25, 0.3) is 0 Å². The molecule has 0 aliphatic carbocycles. The molecule has 1 amide bonds. The number of carbonyl (C=O) groups is 1. The number of nitrogens with one attached hydrogen (secondary N) is 1. The van der Waals surface area contributed by atoms with Gasteiger partial charge in [0.05, 0.1) is 18.8 Å². The molecular formula is C10H21N3O2. The predicted octanol–water partition coefficient (Wildman–Crippen LogP) is -0.828. The van der Waals surface area contributed by atoms with Gasteiger partial charge in [-0.3, -0.25) is 9.69 Å². The Morgan fingerprint density at radius 2 is 2.07 bits per heavy atom. The van der Waals surface area contributed by atoms with Crippen LogP contribution >= 0.6 is 0 Å². The van der Waals surface area contributed by atoms with Crippen molar-refractivity contribution in [2.45, 2.75) is 19.4 Å². The van der Waals surface area contributed by atoms with Crippen LogP contribution in [0.2, 0.25) is 0 Å². The van der Waals surface area contributed by atoms with E-state index in [9.17, 15) is 4.79 Å². The smallest absolute Gasteiger partial charge is 0.237 e. The molecule has 0 aromatic carbocycles. The molecule has 0 atom stereocenters. The summed E-state index contributed by atoms with van der Waals surface area (Å²) in [6.07, 6.45) is 0. The van der Waals surface area contributed by atoms with Crippen molar-refractivity contribution in [3.63, 3.8) is 0 Å². The zero-order valence-corrected chi connectivity index (χ0v) is 9.58. The van der Waals surface area contributed by atoms with Gasteiger partial charge < -0.3 is 15.8 Å². The third kappa shape index (κ3) is 4.15. The number of nitrogens with zero attached hydrogens (tertiary/aromatic N) is 1. The Labute approximate surface area is 90.9 Å². The van der Waals surface area contributed by atoms with Crippen molar-refractivity contribution in [3.05, 3.63) is 0 Å². The van der Waals surface area contributed by atoms with Crippen LogP contribution in [0, 0.1) is 0 Å². The van der Waals surface area contributed by atoms with Gasteiger partial charge in [0, 0.05) is 26.2 Å². The van der Waals surface area contributed by atoms with Crippen molar-refractivity contribution in [1.29, 1.82) is 0 Å². The Morgan fingerprint density at radius 1 is 1.47 bits per heavy atom. The van der Waals surface area contributed by atoms with Gasteiger partial charge in [-0.15, -0.1) is 0 Å². The van der Waals surface area contributed by atoms with E-state index in [2.05, 4.69) is 10.2 Å². The van der Waals surface area contributed by atoms with Gasteiger partial charge in [-0.1, -0.05) is 0 Å². The highest BCUT2D eigenvalue weighted by molar-refractivity contribution is 5.83. The number of amides is 1. The van der Waals surface area contributed by atoms with E-state index in [1.807, 2.05) is 0 Å². The van der Waals surface area contributed by atoms with Crippen LogP contribution in [0.4, 0.5) is 0 Å². The van der Waals surface area contributed by atoms with Crippen LogP contribution in [0.5, 0.6) is 0 Å². The van der Waals surface area contributed by atoms with Gasteiger partial charge in [0.1, 0.15) is 0 Å². The first-order valence-electron chi connectivity index (χ1n) is 5.37. The molecule has 1 rings (SSSR count). The third-order valence-electron chi connectivity index (χ3n) is 2.71. The highest BCUT2D eigenvalue weighted by Crippen LogP contribution is 2.00. The quantitative estimate of drug-likeness (QED) is 0.628. The standard InChI is InChI=1S/C10H21N3O2/c1-10(2,9(11)14)12-3-4-13-5-7-15-8-6-13/h12H,3-8H2,1-2H3,(H2,11,14). The number of ether oxygens (including phenoxy) is 1. The minimum absolute atomic E-state index is 0.315. The van der Waals surface area contributed by atoms with Crippen LogP contribution in [0.3, 0.4) is 0 Å². The second kappa shape index (κ2) is 5.44. The highest BCUT2D eigenvalue weighted by atomic mass is 16.5. The molecule has 0 saturated carbocycles. The van der Waals surface area contributed by atoms with E-state index < -0.39 is 5.54 Å². The van der Waals surface area contributed by atoms with Crippen LogP contribution < -0.4 is 11.1 Å². The summed E-state index contributed by atoms with van der Waals surface area (Å²) >= 11 is 0. The first-order chi connectivity index (χ1) is 7.02. The van der Waals surface area contributed by atoms with Crippen LogP contribution in [-0.4, -0.2) is 55.7 Å². The van der Waals surface area contributed by atoms with Crippen molar-refractivity contribution in [1.82, 2.24) is 10.2 Å². The summed E-state index contributed by atoms with van der Waals surface area (Å²) in [6, 6.07) is 0. The summed E-state index contributed by atoms with van der Waals surface area (Å²) < 4.78 is 5.25. The first-order valence-corrected chi connectivity index (χ1v) is 5.37. The Balaban J connectivity index is 2.17. The van der Waals surface area contributed by atoms with E-state index in [1.54, 1.807) is 13.8 Å². The number of primary amides is 1. The number of morpholine rings is 1. The van der Waals surface area contributed by atoms with Gasteiger partial charge in [-0.25, -0.2) is 0 Å². The lowest BCUT2D eigenvalue weighted by Gasteiger charge is -2.29. The molecule has 3 N–H and O–H groups in total. The zero-order chi connectivity index (χ0) is 11.3. The lowest BCUT2D eigenvalue weighted by Crippen LogP contribution is -2.53. The fourth-order valence-electron chi connectivity index (χ4n) is 1.44. The Morgan fingerprint density at radius 3 is 2.60 bits per heavy atom. The summed E-state index contributed by atoms with van der Waals surface area (Å²) in [5.41, 5.74) is 4.64. The fourth-order valence-corrected chi connectivity index (χ4v) is 1.44. The topological polar surface area (TPSA) is 67.6 Å². The van der Waals surface area contributed by atoms with Gasteiger partial charge >= 0.3 is 0 Å². The number of carbonyl (C=O) groups excluding carboxylic acids is 1. The number of hydrogen-bond donors (Lipinski definition) is 2. The van der Waals surface area contributed by atoms with Gasteiger partial charge in [0.15, 0.2) is 0 Å². The van der Waals surface area contributed by atoms with Crippen molar-refractivity contribution in [2.75, 3.05) is 39.4 Å². The molecule has 1 saturated heterocycles. The molecule has 1 fully saturated rings. The SMILES string of the molecule is CC(C)(NCCN1CCOCC1)C(N)=O. The summed E-state index contributed by atoms with van der Waals surface area (Å²) in [7, 11) is 0.